The van der Waals surface area contributed by atoms with E-state index >= 15 is 0 Å². The molecule has 0 saturated carbocycles. The lowest BCUT2D eigenvalue weighted by Crippen LogP contribution is -2.33. The molecule has 1 rings (SSSR count). The molecule has 0 bridgehead atoms. The molecule has 1 N–H and O–H groups in total. The van der Waals surface area contributed by atoms with Crippen molar-refractivity contribution in [3.63, 3.8) is 0 Å². The SMILES string of the molecule is O=C=NC/C=C\CC1CCCCN1. The number of aliphatic imine (C=N–C) groups is 1. The van der Waals surface area contributed by atoms with Crippen molar-refractivity contribution in [3.8, 4) is 0 Å². The number of isocyanates is 1. The first-order valence-electron chi connectivity index (χ1n) is 4.85. The maximum Gasteiger partial charge on any atom is 0.235 e. The Kier molecular flexibility index (Phi) is 5.14. The Morgan fingerprint density at radius 2 is 2.38 bits per heavy atom. The molecule has 1 heterocycles. The van der Waals surface area contributed by atoms with Gasteiger partial charge < -0.3 is 5.32 Å². The summed E-state index contributed by atoms with van der Waals surface area (Å²) in [5.74, 6) is 0. The van der Waals surface area contributed by atoms with Crippen LogP contribution in [0.4, 0.5) is 0 Å². The average molecular weight is 180 g/mol. The Balaban J connectivity index is 2.09. The molecule has 0 spiro atoms. The second-order valence-electron chi connectivity index (χ2n) is 3.29. The smallest absolute Gasteiger partial charge is 0.235 e. The molecule has 1 aliphatic rings. The van der Waals surface area contributed by atoms with Gasteiger partial charge in [0.1, 0.15) is 0 Å². The van der Waals surface area contributed by atoms with Crippen LogP contribution in [-0.4, -0.2) is 25.2 Å². The van der Waals surface area contributed by atoms with Gasteiger partial charge in [-0.15, -0.1) is 0 Å². The van der Waals surface area contributed by atoms with E-state index in [1.54, 1.807) is 0 Å². The van der Waals surface area contributed by atoms with Crippen LogP contribution in [0, 0.1) is 0 Å². The second-order valence-corrected chi connectivity index (χ2v) is 3.29. The van der Waals surface area contributed by atoms with Gasteiger partial charge in [0.15, 0.2) is 0 Å². The molecule has 0 aromatic heterocycles. The van der Waals surface area contributed by atoms with Gasteiger partial charge in [0, 0.05) is 6.04 Å². The van der Waals surface area contributed by atoms with Gasteiger partial charge in [0.05, 0.1) is 6.54 Å². The first-order valence-corrected chi connectivity index (χ1v) is 4.85. The first-order chi connectivity index (χ1) is 6.43. The lowest BCUT2D eigenvalue weighted by atomic mass is 10.0. The van der Waals surface area contributed by atoms with Crippen LogP contribution in [0.3, 0.4) is 0 Å². The molecular weight excluding hydrogens is 164 g/mol. The van der Waals surface area contributed by atoms with Crippen molar-refractivity contribution < 1.29 is 4.79 Å². The Hall–Kier alpha value is -0.920. The number of carbonyl (C=O) groups excluding carboxylic acids is 1. The van der Waals surface area contributed by atoms with Gasteiger partial charge in [-0.1, -0.05) is 18.6 Å². The van der Waals surface area contributed by atoms with E-state index in [1.807, 2.05) is 6.08 Å². The largest absolute Gasteiger partial charge is 0.314 e. The van der Waals surface area contributed by atoms with Crippen molar-refractivity contribution in [2.45, 2.75) is 31.7 Å². The highest BCUT2D eigenvalue weighted by Crippen LogP contribution is 2.09. The zero-order valence-electron chi connectivity index (χ0n) is 7.83. The van der Waals surface area contributed by atoms with Crippen molar-refractivity contribution in [2.24, 2.45) is 4.99 Å². The Morgan fingerprint density at radius 3 is 3.08 bits per heavy atom. The molecule has 1 saturated heterocycles. The maximum absolute atomic E-state index is 9.73. The monoisotopic (exact) mass is 180 g/mol. The summed E-state index contributed by atoms with van der Waals surface area (Å²) in [4.78, 5) is 13.2. The standard InChI is InChI=1S/C10H16N2O/c13-9-11-7-3-1-5-10-6-2-4-8-12-10/h1,3,10,12H,2,4-8H2/b3-1-. The fraction of sp³-hybridized carbons (Fsp3) is 0.700. The summed E-state index contributed by atoms with van der Waals surface area (Å²) < 4.78 is 0. The highest BCUT2D eigenvalue weighted by atomic mass is 16.1. The summed E-state index contributed by atoms with van der Waals surface area (Å²) in [5, 5.41) is 3.45. The van der Waals surface area contributed by atoms with Gasteiger partial charge in [0.2, 0.25) is 6.08 Å². The molecule has 3 nitrogen and oxygen atoms in total. The molecule has 0 aliphatic carbocycles. The van der Waals surface area contributed by atoms with E-state index in [2.05, 4.69) is 16.4 Å². The minimum Gasteiger partial charge on any atom is -0.314 e. The zero-order chi connectivity index (χ0) is 9.36. The predicted octanol–water partition coefficient (Wildman–Crippen LogP) is 1.41. The van der Waals surface area contributed by atoms with E-state index in [0.717, 1.165) is 13.0 Å². The van der Waals surface area contributed by atoms with Crippen LogP contribution in [0.5, 0.6) is 0 Å². The highest BCUT2D eigenvalue weighted by Gasteiger charge is 2.09. The Labute approximate surface area is 78.9 Å². The van der Waals surface area contributed by atoms with Crippen LogP contribution in [0.1, 0.15) is 25.7 Å². The molecule has 0 amide bonds. The highest BCUT2D eigenvalue weighted by molar-refractivity contribution is 5.33. The van der Waals surface area contributed by atoms with Gasteiger partial charge in [-0.3, -0.25) is 0 Å². The average Bonchev–Trinajstić information content (AvgIpc) is 2.19. The number of rotatable bonds is 4. The number of hydrogen-bond acceptors (Lipinski definition) is 3. The third kappa shape index (κ3) is 4.61. The summed E-state index contributed by atoms with van der Waals surface area (Å²) in [6.45, 7) is 1.61. The zero-order valence-corrected chi connectivity index (χ0v) is 7.83. The fourth-order valence-electron chi connectivity index (χ4n) is 1.55. The minimum absolute atomic E-state index is 0.468. The van der Waals surface area contributed by atoms with Crippen molar-refractivity contribution in [3.05, 3.63) is 12.2 Å². The molecule has 72 valence electrons. The number of nitrogens with one attached hydrogen (secondary N) is 1. The predicted molar refractivity (Wildman–Crippen MR) is 52.4 cm³/mol. The quantitative estimate of drug-likeness (QED) is 0.404. The van der Waals surface area contributed by atoms with Gasteiger partial charge in [-0.2, -0.15) is 0 Å². The topological polar surface area (TPSA) is 41.5 Å². The van der Waals surface area contributed by atoms with Crippen molar-refractivity contribution >= 4 is 6.08 Å². The van der Waals surface area contributed by atoms with Crippen LogP contribution in [0.2, 0.25) is 0 Å². The Bertz CT molecular complexity index is 201. The Morgan fingerprint density at radius 1 is 1.46 bits per heavy atom. The summed E-state index contributed by atoms with van der Waals surface area (Å²) in [6, 6.07) is 0.630. The van der Waals surface area contributed by atoms with Crippen molar-refractivity contribution in [2.75, 3.05) is 13.1 Å². The molecule has 0 radical (unpaired) electrons. The van der Waals surface area contributed by atoms with E-state index in [0.29, 0.717) is 12.6 Å². The molecule has 1 unspecified atom stereocenters. The number of piperidine rings is 1. The first kappa shape index (κ1) is 10.2. The van der Waals surface area contributed by atoms with E-state index in [1.165, 1.54) is 25.3 Å². The molecule has 1 fully saturated rings. The van der Waals surface area contributed by atoms with Crippen LogP contribution in [0.25, 0.3) is 0 Å². The molecule has 1 aliphatic heterocycles. The van der Waals surface area contributed by atoms with E-state index < -0.39 is 0 Å². The summed E-state index contributed by atoms with van der Waals surface area (Å²) >= 11 is 0. The molecule has 3 heteroatoms. The number of hydrogen-bond donors (Lipinski definition) is 1. The van der Waals surface area contributed by atoms with E-state index in [9.17, 15) is 4.79 Å². The van der Waals surface area contributed by atoms with Gasteiger partial charge in [-0.05, 0) is 25.8 Å². The van der Waals surface area contributed by atoms with Gasteiger partial charge in [0.25, 0.3) is 0 Å². The summed E-state index contributed by atoms with van der Waals surface area (Å²) in [6.07, 6.45) is 10.5. The summed E-state index contributed by atoms with van der Waals surface area (Å²) in [7, 11) is 0. The second kappa shape index (κ2) is 6.58. The normalized spacial score (nSPS) is 22.9. The molecule has 0 aromatic carbocycles. The molecule has 1 atom stereocenters. The van der Waals surface area contributed by atoms with Crippen LogP contribution in [-0.2, 0) is 4.79 Å². The van der Waals surface area contributed by atoms with Gasteiger partial charge in [-0.25, -0.2) is 9.79 Å². The van der Waals surface area contributed by atoms with Gasteiger partial charge >= 0.3 is 0 Å². The number of nitrogens with zero attached hydrogens (tertiary/aromatic N) is 1. The van der Waals surface area contributed by atoms with E-state index in [4.69, 9.17) is 0 Å². The van der Waals surface area contributed by atoms with E-state index in [-0.39, 0.29) is 0 Å². The third-order valence-corrected chi connectivity index (χ3v) is 2.26. The lowest BCUT2D eigenvalue weighted by molar-refractivity contribution is 0.403. The van der Waals surface area contributed by atoms with Crippen molar-refractivity contribution in [1.29, 1.82) is 0 Å². The summed E-state index contributed by atoms with van der Waals surface area (Å²) in [5.41, 5.74) is 0. The minimum atomic E-state index is 0.468. The molecular formula is C10H16N2O. The maximum atomic E-state index is 9.73. The van der Waals surface area contributed by atoms with Crippen LogP contribution in [0.15, 0.2) is 17.1 Å². The fourth-order valence-corrected chi connectivity index (χ4v) is 1.55. The molecule has 13 heavy (non-hydrogen) atoms. The van der Waals surface area contributed by atoms with Crippen molar-refractivity contribution in [1.82, 2.24) is 5.32 Å². The van der Waals surface area contributed by atoms with Crippen LogP contribution >= 0.6 is 0 Å². The third-order valence-electron chi connectivity index (χ3n) is 2.26. The molecule has 0 aromatic rings. The lowest BCUT2D eigenvalue weighted by Gasteiger charge is -2.21. The van der Waals surface area contributed by atoms with Crippen LogP contribution < -0.4 is 5.32 Å².